The van der Waals surface area contributed by atoms with E-state index >= 15 is 0 Å². The Kier molecular flexibility index (Phi) is 4.73. The summed E-state index contributed by atoms with van der Waals surface area (Å²) < 4.78 is 7.84. The molecule has 1 spiro atoms. The number of ether oxygens (including phenoxy) is 1. The van der Waals surface area contributed by atoms with Gasteiger partial charge in [0.2, 0.25) is 0 Å². The molecule has 1 amide bonds. The minimum atomic E-state index is -0.0884. The number of aryl methyl sites for hydroxylation is 2. The average molecular weight is 321 g/mol. The Morgan fingerprint density at radius 1 is 1.48 bits per heavy atom. The van der Waals surface area contributed by atoms with E-state index in [-0.39, 0.29) is 18.1 Å². The third kappa shape index (κ3) is 3.43. The standard InChI is InChI=1S/C17H27N3O3/c1-13-11-15(18-19(13)2)16(22)20-7-5-17(6-8-20)12-14(3-9-21)4-10-23-17/h11,14,21H,3-10,12H2,1-2H3. The molecule has 0 radical (unpaired) electrons. The van der Waals surface area contributed by atoms with Gasteiger partial charge in [0.15, 0.2) is 5.69 Å². The van der Waals surface area contributed by atoms with Crippen LogP contribution in [-0.4, -0.2) is 57.6 Å². The predicted octanol–water partition coefficient (Wildman–Crippen LogP) is 1.51. The molecule has 0 bridgehead atoms. The van der Waals surface area contributed by atoms with Crippen molar-refractivity contribution in [3.8, 4) is 0 Å². The number of aliphatic hydroxyl groups excluding tert-OH is 1. The zero-order valence-electron chi connectivity index (χ0n) is 14.1. The summed E-state index contributed by atoms with van der Waals surface area (Å²) in [5.74, 6) is 0.570. The van der Waals surface area contributed by atoms with Gasteiger partial charge in [0.1, 0.15) is 0 Å². The van der Waals surface area contributed by atoms with Crippen molar-refractivity contribution in [3.63, 3.8) is 0 Å². The first-order valence-corrected chi connectivity index (χ1v) is 8.58. The summed E-state index contributed by atoms with van der Waals surface area (Å²) in [6.07, 6.45) is 4.68. The Balaban J connectivity index is 1.60. The molecular weight excluding hydrogens is 294 g/mol. The first-order chi connectivity index (χ1) is 11.0. The van der Waals surface area contributed by atoms with Crippen molar-refractivity contribution >= 4 is 5.91 Å². The van der Waals surface area contributed by atoms with Gasteiger partial charge in [0.05, 0.1) is 5.60 Å². The van der Waals surface area contributed by atoms with Crippen LogP contribution in [0, 0.1) is 12.8 Å². The Morgan fingerprint density at radius 3 is 2.83 bits per heavy atom. The number of nitrogens with zero attached hydrogens (tertiary/aromatic N) is 3. The average Bonchev–Trinajstić information content (AvgIpc) is 2.87. The third-order valence-corrected chi connectivity index (χ3v) is 5.43. The maximum atomic E-state index is 12.6. The topological polar surface area (TPSA) is 67.6 Å². The zero-order chi connectivity index (χ0) is 16.4. The van der Waals surface area contributed by atoms with Gasteiger partial charge in [0.25, 0.3) is 5.91 Å². The Bertz CT molecular complexity index is 540. The van der Waals surface area contributed by atoms with Crippen LogP contribution in [0.25, 0.3) is 0 Å². The third-order valence-electron chi connectivity index (χ3n) is 5.43. The van der Waals surface area contributed by atoms with Crippen molar-refractivity contribution in [2.75, 3.05) is 26.3 Å². The summed E-state index contributed by atoms with van der Waals surface area (Å²) in [5, 5.41) is 13.5. The fraction of sp³-hybridized carbons (Fsp3) is 0.765. The second-order valence-electron chi connectivity index (χ2n) is 6.99. The maximum Gasteiger partial charge on any atom is 0.274 e. The van der Waals surface area contributed by atoms with Crippen LogP contribution < -0.4 is 0 Å². The van der Waals surface area contributed by atoms with Crippen molar-refractivity contribution in [3.05, 3.63) is 17.5 Å². The SMILES string of the molecule is Cc1cc(C(=O)N2CCC3(CC2)CC(CCO)CCO3)nn1C. The molecule has 3 heterocycles. The van der Waals surface area contributed by atoms with E-state index < -0.39 is 0 Å². The highest BCUT2D eigenvalue weighted by Crippen LogP contribution is 2.38. The van der Waals surface area contributed by atoms with Crippen LogP contribution in [0.1, 0.15) is 48.3 Å². The molecule has 6 nitrogen and oxygen atoms in total. The van der Waals surface area contributed by atoms with E-state index in [1.54, 1.807) is 4.68 Å². The Morgan fingerprint density at radius 2 is 2.22 bits per heavy atom. The molecular formula is C17H27N3O3. The summed E-state index contributed by atoms with van der Waals surface area (Å²) in [5.41, 5.74) is 1.43. The van der Waals surface area contributed by atoms with E-state index in [4.69, 9.17) is 9.84 Å². The molecule has 0 aromatic carbocycles. The molecule has 1 aromatic heterocycles. The van der Waals surface area contributed by atoms with Crippen molar-refractivity contribution in [2.24, 2.45) is 13.0 Å². The minimum absolute atomic E-state index is 0.0197. The lowest BCUT2D eigenvalue weighted by Crippen LogP contribution is -2.51. The van der Waals surface area contributed by atoms with E-state index in [0.29, 0.717) is 11.6 Å². The van der Waals surface area contributed by atoms with E-state index in [0.717, 1.165) is 57.5 Å². The van der Waals surface area contributed by atoms with Crippen molar-refractivity contribution in [1.82, 2.24) is 14.7 Å². The normalized spacial score (nSPS) is 24.1. The van der Waals surface area contributed by atoms with Gasteiger partial charge in [-0.1, -0.05) is 0 Å². The summed E-state index contributed by atoms with van der Waals surface area (Å²) >= 11 is 0. The number of hydrogen-bond donors (Lipinski definition) is 1. The molecule has 23 heavy (non-hydrogen) atoms. The van der Waals surface area contributed by atoms with Crippen LogP contribution >= 0.6 is 0 Å². The molecule has 1 atom stereocenters. The number of aromatic nitrogens is 2. The van der Waals surface area contributed by atoms with E-state index in [2.05, 4.69) is 5.10 Å². The minimum Gasteiger partial charge on any atom is -0.396 e. The van der Waals surface area contributed by atoms with Gasteiger partial charge in [-0.2, -0.15) is 5.10 Å². The molecule has 0 aliphatic carbocycles. The summed E-state index contributed by atoms with van der Waals surface area (Å²) in [7, 11) is 1.86. The smallest absolute Gasteiger partial charge is 0.274 e. The molecule has 1 N–H and O–H groups in total. The van der Waals surface area contributed by atoms with Gasteiger partial charge in [-0.25, -0.2) is 0 Å². The molecule has 2 saturated heterocycles. The van der Waals surface area contributed by atoms with Gasteiger partial charge in [-0.15, -0.1) is 0 Å². The van der Waals surface area contributed by atoms with Crippen LogP contribution in [0.4, 0.5) is 0 Å². The van der Waals surface area contributed by atoms with Gasteiger partial charge < -0.3 is 14.7 Å². The fourth-order valence-electron chi connectivity index (χ4n) is 3.85. The number of carbonyl (C=O) groups is 1. The molecule has 1 unspecified atom stereocenters. The molecule has 1 aromatic rings. The van der Waals surface area contributed by atoms with E-state index in [9.17, 15) is 4.79 Å². The number of rotatable bonds is 3. The number of carbonyl (C=O) groups excluding carboxylic acids is 1. The first kappa shape index (κ1) is 16.5. The van der Waals surface area contributed by atoms with Crippen LogP contribution in [0.15, 0.2) is 6.07 Å². The Hall–Kier alpha value is -1.40. The number of piperidine rings is 1. The second-order valence-corrected chi connectivity index (χ2v) is 6.99. The fourth-order valence-corrected chi connectivity index (χ4v) is 3.85. The zero-order valence-corrected chi connectivity index (χ0v) is 14.1. The molecule has 2 fully saturated rings. The van der Waals surface area contributed by atoms with Gasteiger partial charge in [0, 0.05) is 39.0 Å². The summed E-state index contributed by atoms with van der Waals surface area (Å²) in [6.45, 7) is 4.43. The van der Waals surface area contributed by atoms with Crippen LogP contribution in [0.3, 0.4) is 0 Å². The van der Waals surface area contributed by atoms with Gasteiger partial charge >= 0.3 is 0 Å². The lowest BCUT2D eigenvalue weighted by molar-refractivity contribution is -0.125. The first-order valence-electron chi connectivity index (χ1n) is 8.58. The van der Waals surface area contributed by atoms with Crippen LogP contribution in [0.2, 0.25) is 0 Å². The van der Waals surface area contributed by atoms with Crippen molar-refractivity contribution in [2.45, 2.75) is 44.6 Å². The van der Waals surface area contributed by atoms with Crippen molar-refractivity contribution in [1.29, 1.82) is 0 Å². The monoisotopic (exact) mass is 321 g/mol. The lowest BCUT2D eigenvalue weighted by atomic mass is 9.78. The molecule has 2 aliphatic rings. The van der Waals surface area contributed by atoms with Gasteiger partial charge in [-0.3, -0.25) is 9.48 Å². The predicted molar refractivity (Wildman–Crippen MR) is 86.2 cm³/mol. The molecule has 6 heteroatoms. The highest BCUT2D eigenvalue weighted by atomic mass is 16.5. The van der Waals surface area contributed by atoms with Crippen molar-refractivity contribution < 1.29 is 14.6 Å². The van der Waals surface area contributed by atoms with E-state index in [1.807, 2.05) is 24.9 Å². The largest absolute Gasteiger partial charge is 0.396 e. The quantitative estimate of drug-likeness (QED) is 0.916. The number of likely N-dealkylation sites (tertiary alicyclic amines) is 1. The number of aliphatic hydroxyl groups is 1. The highest BCUT2D eigenvalue weighted by molar-refractivity contribution is 5.92. The second kappa shape index (κ2) is 6.61. The Labute approximate surface area is 137 Å². The molecule has 2 aliphatic heterocycles. The highest BCUT2D eigenvalue weighted by Gasteiger charge is 2.41. The molecule has 0 saturated carbocycles. The summed E-state index contributed by atoms with van der Waals surface area (Å²) in [6, 6.07) is 1.85. The van der Waals surface area contributed by atoms with E-state index in [1.165, 1.54) is 0 Å². The maximum absolute atomic E-state index is 12.6. The molecule has 128 valence electrons. The lowest BCUT2D eigenvalue weighted by Gasteiger charge is -2.46. The number of amides is 1. The van der Waals surface area contributed by atoms with Crippen LogP contribution in [0.5, 0.6) is 0 Å². The number of hydrogen-bond acceptors (Lipinski definition) is 4. The summed E-state index contributed by atoms with van der Waals surface area (Å²) in [4.78, 5) is 14.5. The van der Waals surface area contributed by atoms with Gasteiger partial charge in [-0.05, 0) is 51.0 Å². The van der Waals surface area contributed by atoms with Crippen LogP contribution in [-0.2, 0) is 11.8 Å². The molecule has 3 rings (SSSR count).